The van der Waals surface area contributed by atoms with Crippen molar-refractivity contribution in [2.75, 3.05) is 26.4 Å². The Morgan fingerprint density at radius 3 is 1.81 bits per heavy atom. The van der Waals surface area contributed by atoms with Crippen LogP contribution >= 0.6 is 0 Å². The molecule has 15 heteroatoms. The molecule has 2 aliphatic rings. The lowest BCUT2D eigenvalue weighted by Gasteiger charge is -2.42. The van der Waals surface area contributed by atoms with Crippen LogP contribution in [0.1, 0.15) is 110 Å². The second-order valence-electron chi connectivity index (χ2n) is 13.8. The number of carbonyl (C=O) groups is 2. The molecule has 0 aromatic heterocycles. The highest BCUT2D eigenvalue weighted by Gasteiger charge is 2.47. The third-order valence-corrected chi connectivity index (χ3v) is 9.18. The monoisotopic (exact) mass is 762 g/mol. The van der Waals surface area contributed by atoms with Gasteiger partial charge in [0.25, 0.3) is 0 Å². The van der Waals surface area contributed by atoms with Gasteiger partial charge in [0.2, 0.25) is 0 Å². The number of rotatable bonds is 27. The third kappa shape index (κ3) is 18.0. The highest BCUT2D eigenvalue weighted by molar-refractivity contribution is 5.70. The fourth-order valence-electron chi connectivity index (χ4n) is 5.82. The van der Waals surface area contributed by atoms with Crippen molar-refractivity contribution < 1.29 is 73.8 Å². The molecular weight excluding hydrogens is 696 g/mol. The Morgan fingerprint density at radius 2 is 1.15 bits per heavy atom. The molecule has 7 N–H and O–H groups in total. The number of aliphatic hydroxyl groups excluding tert-OH is 7. The zero-order valence-corrected chi connectivity index (χ0v) is 31.5. The predicted molar refractivity (Wildman–Crippen MR) is 192 cm³/mol. The van der Waals surface area contributed by atoms with Crippen LogP contribution in [0.5, 0.6) is 0 Å². The van der Waals surface area contributed by atoms with Gasteiger partial charge in [0, 0.05) is 12.8 Å². The highest BCUT2D eigenvalue weighted by atomic mass is 16.7. The lowest BCUT2D eigenvalue weighted by atomic mass is 9.98. The second kappa shape index (κ2) is 27.5. The summed E-state index contributed by atoms with van der Waals surface area (Å²) < 4.78 is 33.0. The van der Waals surface area contributed by atoms with E-state index in [4.69, 9.17) is 28.4 Å². The number of carbonyl (C=O) groups excluding carboxylic acids is 2. The van der Waals surface area contributed by atoms with Crippen molar-refractivity contribution in [1.29, 1.82) is 0 Å². The molecule has 11 atom stereocenters. The van der Waals surface area contributed by atoms with E-state index in [0.29, 0.717) is 12.8 Å². The quantitative estimate of drug-likeness (QED) is 0.0361. The van der Waals surface area contributed by atoms with Crippen LogP contribution in [0, 0.1) is 0 Å². The zero-order chi connectivity index (χ0) is 39.0. The van der Waals surface area contributed by atoms with E-state index < -0.39 is 92.7 Å². The molecule has 0 aromatic carbocycles. The molecule has 2 heterocycles. The maximum atomic E-state index is 12.8. The van der Waals surface area contributed by atoms with Gasteiger partial charge in [0.05, 0.1) is 19.8 Å². The summed E-state index contributed by atoms with van der Waals surface area (Å²) in [7, 11) is 0. The Hall–Kier alpha value is -2.02. The van der Waals surface area contributed by atoms with Gasteiger partial charge >= 0.3 is 11.9 Å². The van der Waals surface area contributed by atoms with Crippen molar-refractivity contribution >= 4 is 11.9 Å². The summed E-state index contributed by atoms with van der Waals surface area (Å²) in [6, 6.07) is 0. The molecule has 0 spiro atoms. The van der Waals surface area contributed by atoms with Crippen LogP contribution < -0.4 is 0 Å². The molecule has 0 radical (unpaired) electrons. The maximum Gasteiger partial charge on any atom is 0.306 e. The molecule has 0 aromatic rings. The number of hydrogen-bond acceptors (Lipinski definition) is 15. The van der Waals surface area contributed by atoms with Crippen LogP contribution in [0.15, 0.2) is 24.3 Å². The van der Waals surface area contributed by atoms with Crippen LogP contribution in [-0.2, 0) is 38.0 Å². The molecule has 2 aliphatic heterocycles. The predicted octanol–water partition coefficient (Wildman–Crippen LogP) is 2.09. The number of esters is 2. The average Bonchev–Trinajstić information content (AvgIpc) is 3.15. The molecule has 11 unspecified atom stereocenters. The molecular formula is C38H66O15. The Morgan fingerprint density at radius 1 is 0.604 bits per heavy atom. The van der Waals surface area contributed by atoms with E-state index in [1.165, 1.54) is 12.8 Å². The van der Waals surface area contributed by atoms with Crippen molar-refractivity contribution in [1.82, 2.24) is 0 Å². The standard InChI is InChI=1S/C38H66O15/c1-3-5-7-8-9-10-11-12-13-14-15-16-17-19-21-30(41)51-26(23-48-29(40)20-18-6-4-2)24-49-37-36(47)34(45)32(43)28(53-37)25-50-38-35(46)33(44)31(42)27(22-39)52-38/h8-9,11-12,26-28,31-39,42-47H,3-7,10,13-25H2,1-2H3/b9-8-,12-11-. The molecule has 2 fully saturated rings. The number of hydrogen-bond donors (Lipinski definition) is 7. The summed E-state index contributed by atoms with van der Waals surface area (Å²) in [5.41, 5.74) is 0. The van der Waals surface area contributed by atoms with Gasteiger partial charge in [-0.15, -0.1) is 0 Å². The van der Waals surface area contributed by atoms with Crippen LogP contribution in [0.4, 0.5) is 0 Å². The second-order valence-corrected chi connectivity index (χ2v) is 13.8. The minimum atomic E-state index is -1.76. The topological polar surface area (TPSA) is 231 Å². The van der Waals surface area contributed by atoms with Crippen LogP contribution in [0.25, 0.3) is 0 Å². The van der Waals surface area contributed by atoms with Gasteiger partial charge in [-0.3, -0.25) is 9.59 Å². The van der Waals surface area contributed by atoms with E-state index in [1.807, 2.05) is 6.92 Å². The molecule has 308 valence electrons. The summed E-state index contributed by atoms with van der Waals surface area (Å²) in [4.78, 5) is 25.0. The first-order chi connectivity index (χ1) is 25.5. The van der Waals surface area contributed by atoms with Gasteiger partial charge in [-0.25, -0.2) is 0 Å². The third-order valence-electron chi connectivity index (χ3n) is 9.18. The summed E-state index contributed by atoms with van der Waals surface area (Å²) in [5, 5.41) is 71.3. The molecule has 15 nitrogen and oxygen atoms in total. The summed E-state index contributed by atoms with van der Waals surface area (Å²) in [6.07, 6.45) is 4.83. The van der Waals surface area contributed by atoms with Gasteiger partial charge in [-0.2, -0.15) is 0 Å². The molecule has 0 bridgehead atoms. The number of aliphatic hydroxyl groups is 7. The normalized spacial score (nSPS) is 29.8. The Labute approximate surface area is 313 Å². The van der Waals surface area contributed by atoms with Gasteiger partial charge in [0.1, 0.15) is 55.4 Å². The first-order valence-corrected chi connectivity index (χ1v) is 19.4. The lowest BCUT2D eigenvalue weighted by molar-refractivity contribution is -0.332. The summed E-state index contributed by atoms with van der Waals surface area (Å²) in [6.45, 7) is 2.29. The first-order valence-electron chi connectivity index (χ1n) is 19.4. The van der Waals surface area contributed by atoms with E-state index in [-0.39, 0.29) is 26.1 Å². The first kappa shape index (κ1) is 47.1. The van der Waals surface area contributed by atoms with E-state index >= 15 is 0 Å². The Bertz CT molecular complexity index is 1040. The zero-order valence-electron chi connectivity index (χ0n) is 31.5. The Kier molecular flexibility index (Phi) is 24.5. The van der Waals surface area contributed by atoms with Gasteiger partial charge in [-0.05, 0) is 38.5 Å². The fourth-order valence-corrected chi connectivity index (χ4v) is 5.82. The smallest absolute Gasteiger partial charge is 0.306 e. The maximum absolute atomic E-state index is 12.8. The van der Waals surface area contributed by atoms with E-state index in [0.717, 1.165) is 57.8 Å². The van der Waals surface area contributed by atoms with Gasteiger partial charge in [0.15, 0.2) is 18.7 Å². The molecule has 0 saturated carbocycles. The fraction of sp³-hybridized carbons (Fsp3) is 0.842. The lowest BCUT2D eigenvalue weighted by Crippen LogP contribution is -2.61. The van der Waals surface area contributed by atoms with E-state index in [9.17, 15) is 45.3 Å². The average molecular weight is 763 g/mol. The minimum absolute atomic E-state index is 0.149. The van der Waals surface area contributed by atoms with Crippen molar-refractivity contribution in [2.45, 2.75) is 178 Å². The summed E-state index contributed by atoms with van der Waals surface area (Å²) in [5.74, 6) is -0.974. The van der Waals surface area contributed by atoms with Crippen LogP contribution in [-0.4, -0.2) is 142 Å². The molecule has 2 rings (SSSR count). The summed E-state index contributed by atoms with van der Waals surface area (Å²) >= 11 is 0. The molecule has 53 heavy (non-hydrogen) atoms. The van der Waals surface area contributed by atoms with Crippen LogP contribution in [0.3, 0.4) is 0 Å². The van der Waals surface area contributed by atoms with Crippen molar-refractivity contribution in [3.63, 3.8) is 0 Å². The molecule has 2 saturated heterocycles. The number of allylic oxidation sites excluding steroid dienone is 4. The number of ether oxygens (including phenoxy) is 6. The van der Waals surface area contributed by atoms with Gasteiger partial charge < -0.3 is 64.2 Å². The Balaban J connectivity index is 1.85. The van der Waals surface area contributed by atoms with E-state index in [2.05, 4.69) is 31.2 Å². The SMILES string of the molecule is CCCC/C=C\C/C=C\CCCCCCCC(=O)OC(COC(=O)CCCCC)COC1OC(COC2OC(CO)C(O)C(O)C2O)C(O)C(O)C1O. The van der Waals surface area contributed by atoms with Crippen LogP contribution in [0.2, 0.25) is 0 Å². The number of unbranched alkanes of at least 4 members (excludes halogenated alkanes) is 9. The van der Waals surface area contributed by atoms with Gasteiger partial charge in [-0.1, -0.05) is 83.1 Å². The van der Waals surface area contributed by atoms with Crippen molar-refractivity contribution in [3.8, 4) is 0 Å². The molecule has 0 amide bonds. The minimum Gasteiger partial charge on any atom is -0.462 e. The van der Waals surface area contributed by atoms with E-state index in [1.54, 1.807) is 0 Å². The molecule has 0 aliphatic carbocycles. The van der Waals surface area contributed by atoms with Crippen molar-refractivity contribution in [3.05, 3.63) is 24.3 Å². The largest absolute Gasteiger partial charge is 0.462 e. The highest BCUT2D eigenvalue weighted by Crippen LogP contribution is 2.26. The van der Waals surface area contributed by atoms with Crippen molar-refractivity contribution in [2.24, 2.45) is 0 Å².